The average molecular weight is 523 g/mol. The van der Waals surface area contributed by atoms with E-state index in [1.807, 2.05) is 24.4 Å². The number of aryl methyl sites for hydroxylation is 1. The molecule has 208 valence electrons. The number of aliphatic hydroxyl groups is 3. The van der Waals surface area contributed by atoms with E-state index in [1.165, 1.54) is 0 Å². The third kappa shape index (κ3) is 4.08. The summed E-state index contributed by atoms with van der Waals surface area (Å²) >= 11 is 0. The van der Waals surface area contributed by atoms with E-state index in [4.69, 9.17) is 9.72 Å². The molecule has 0 saturated heterocycles. The van der Waals surface area contributed by atoms with Crippen molar-refractivity contribution in [1.29, 1.82) is 0 Å². The highest BCUT2D eigenvalue weighted by Gasteiger charge is 2.65. The SMILES string of the molecule is COc1ccc2cnc(CC[C@@H](C)[C@H]3CC[C@H]4[C@@H]5[C@H](O)C[C@@H]6C[C@H](O)CC[C@]6(C)[C@H]5C[C@H](O)[C@]34C)nc2c1. The van der Waals surface area contributed by atoms with Gasteiger partial charge in [-0.05, 0) is 110 Å². The van der Waals surface area contributed by atoms with Crippen LogP contribution in [0.3, 0.4) is 0 Å². The predicted molar refractivity (Wildman–Crippen MR) is 148 cm³/mol. The molecular weight excluding hydrogens is 476 g/mol. The largest absolute Gasteiger partial charge is 0.497 e. The molecule has 6 heteroatoms. The Morgan fingerprint density at radius 1 is 1.05 bits per heavy atom. The van der Waals surface area contributed by atoms with Gasteiger partial charge in [0.1, 0.15) is 11.6 Å². The molecule has 6 rings (SSSR count). The minimum Gasteiger partial charge on any atom is -0.497 e. The average Bonchev–Trinajstić information content (AvgIpc) is 3.26. The zero-order valence-corrected chi connectivity index (χ0v) is 23.5. The summed E-state index contributed by atoms with van der Waals surface area (Å²) in [6.45, 7) is 7.08. The molecule has 1 aromatic heterocycles. The van der Waals surface area contributed by atoms with Crippen molar-refractivity contribution in [3.8, 4) is 5.75 Å². The number of fused-ring (bicyclic) bond motifs is 6. The highest BCUT2D eigenvalue weighted by molar-refractivity contribution is 5.79. The lowest BCUT2D eigenvalue weighted by molar-refractivity contribution is -0.207. The van der Waals surface area contributed by atoms with Crippen LogP contribution in [0.15, 0.2) is 24.4 Å². The van der Waals surface area contributed by atoms with E-state index in [9.17, 15) is 15.3 Å². The molecule has 38 heavy (non-hydrogen) atoms. The number of hydrogen-bond acceptors (Lipinski definition) is 6. The molecule has 0 spiro atoms. The van der Waals surface area contributed by atoms with Crippen molar-refractivity contribution < 1.29 is 20.1 Å². The zero-order chi connectivity index (χ0) is 26.8. The second kappa shape index (κ2) is 9.71. The van der Waals surface area contributed by atoms with Crippen LogP contribution < -0.4 is 4.74 Å². The van der Waals surface area contributed by atoms with Crippen LogP contribution >= 0.6 is 0 Å². The fourth-order valence-corrected chi connectivity index (χ4v) is 9.98. The van der Waals surface area contributed by atoms with Crippen LogP contribution in [0.1, 0.15) is 78.0 Å². The summed E-state index contributed by atoms with van der Waals surface area (Å²) < 4.78 is 5.37. The molecule has 11 atom stereocenters. The number of rotatable bonds is 5. The maximum absolute atomic E-state index is 11.8. The van der Waals surface area contributed by atoms with Gasteiger partial charge < -0.3 is 20.1 Å². The monoisotopic (exact) mass is 522 g/mol. The highest BCUT2D eigenvalue weighted by Crippen LogP contribution is 2.68. The third-order valence-corrected chi connectivity index (χ3v) is 12.2. The molecular formula is C32H46N2O4. The molecule has 0 radical (unpaired) electrons. The molecule has 4 saturated carbocycles. The van der Waals surface area contributed by atoms with Crippen LogP contribution in [0.4, 0.5) is 0 Å². The van der Waals surface area contributed by atoms with Crippen molar-refractivity contribution in [2.24, 2.45) is 46.3 Å². The van der Waals surface area contributed by atoms with Crippen LogP contribution in [0, 0.1) is 46.3 Å². The zero-order valence-electron chi connectivity index (χ0n) is 23.5. The van der Waals surface area contributed by atoms with Crippen LogP contribution in [-0.4, -0.2) is 50.7 Å². The summed E-state index contributed by atoms with van der Waals surface area (Å²) in [5.74, 6) is 3.85. The van der Waals surface area contributed by atoms with Crippen molar-refractivity contribution >= 4 is 10.9 Å². The van der Waals surface area contributed by atoms with Crippen molar-refractivity contribution in [3.63, 3.8) is 0 Å². The van der Waals surface area contributed by atoms with Gasteiger partial charge in [0.15, 0.2) is 0 Å². The topological polar surface area (TPSA) is 95.7 Å². The Balaban J connectivity index is 1.19. The van der Waals surface area contributed by atoms with Crippen molar-refractivity contribution in [3.05, 3.63) is 30.2 Å². The normalized spacial score (nSPS) is 43.2. The third-order valence-electron chi connectivity index (χ3n) is 12.2. The highest BCUT2D eigenvalue weighted by atomic mass is 16.5. The first-order valence-electron chi connectivity index (χ1n) is 15.0. The molecule has 0 aliphatic heterocycles. The van der Waals surface area contributed by atoms with E-state index in [0.29, 0.717) is 29.6 Å². The number of aliphatic hydroxyl groups excluding tert-OH is 3. The molecule has 4 aliphatic carbocycles. The molecule has 0 amide bonds. The smallest absolute Gasteiger partial charge is 0.128 e. The minimum absolute atomic E-state index is 0.116. The number of benzene rings is 1. The fraction of sp³-hybridized carbons (Fsp3) is 0.750. The molecule has 0 unspecified atom stereocenters. The molecule has 4 aliphatic rings. The predicted octanol–water partition coefficient (Wildman–Crippen LogP) is 5.17. The molecule has 0 bridgehead atoms. The Morgan fingerprint density at radius 3 is 2.66 bits per heavy atom. The Kier molecular flexibility index (Phi) is 6.76. The first-order chi connectivity index (χ1) is 18.1. The standard InChI is InChI=1S/C32H46N2O4/c1-18(5-10-29-33-17-19-6-7-22(38-4)15-26(19)34-29)23-8-9-24-30-25(16-28(37)32(23,24)3)31(2)12-11-21(35)13-20(31)14-27(30)36/h6-7,15,17-18,20-21,23-25,27-28,30,35-37H,5,8-14,16H2,1-4H3/t18-,20+,21-,23-,24+,25+,27-,28+,30+,31+,32-/m1/s1. The van der Waals surface area contributed by atoms with Gasteiger partial charge in [-0.25, -0.2) is 9.97 Å². The van der Waals surface area contributed by atoms with Crippen LogP contribution in [0.5, 0.6) is 5.75 Å². The minimum atomic E-state index is -0.345. The van der Waals surface area contributed by atoms with Gasteiger partial charge >= 0.3 is 0 Å². The lowest BCUT2D eigenvalue weighted by atomic mass is 9.43. The molecule has 1 aromatic carbocycles. The summed E-state index contributed by atoms with van der Waals surface area (Å²) in [6.07, 6.45) is 9.29. The maximum atomic E-state index is 11.8. The fourth-order valence-electron chi connectivity index (χ4n) is 9.98. The van der Waals surface area contributed by atoms with Gasteiger partial charge in [0.25, 0.3) is 0 Å². The lowest BCUT2D eigenvalue weighted by Crippen LogP contribution is -2.62. The van der Waals surface area contributed by atoms with Crippen molar-refractivity contribution in [2.75, 3.05) is 7.11 Å². The van der Waals surface area contributed by atoms with Crippen molar-refractivity contribution in [1.82, 2.24) is 9.97 Å². The summed E-state index contributed by atoms with van der Waals surface area (Å²) in [5.41, 5.74) is 0.860. The second-order valence-corrected chi connectivity index (χ2v) is 13.8. The van der Waals surface area contributed by atoms with Gasteiger partial charge in [0.2, 0.25) is 0 Å². The summed E-state index contributed by atoms with van der Waals surface area (Å²) in [6, 6.07) is 5.90. The molecule has 6 nitrogen and oxygen atoms in total. The summed E-state index contributed by atoms with van der Waals surface area (Å²) in [7, 11) is 1.67. The maximum Gasteiger partial charge on any atom is 0.128 e. The molecule has 3 N–H and O–H groups in total. The van der Waals surface area contributed by atoms with Gasteiger partial charge in [-0.3, -0.25) is 0 Å². The Hall–Kier alpha value is -1.76. The molecule has 4 fully saturated rings. The van der Waals surface area contributed by atoms with Gasteiger partial charge in [-0.2, -0.15) is 0 Å². The first kappa shape index (κ1) is 26.5. The van der Waals surface area contributed by atoms with Gasteiger partial charge in [-0.15, -0.1) is 0 Å². The van der Waals surface area contributed by atoms with Crippen LogP contribution in [0.2, 0.25) is 0 Å². The van der Waals surface area contributed by atoms with E-state index in [0.717, 1.165) is 80.3 Å². The quantitative estimate of drug-likeness (QED) is 0.502. The van der Waals surface area contributed by atoms with E-state index >= 15 is 0 Å². The van der Waals surface area contributed by atoms with E-state index in [1.54, 1.807) is 7.11 Å². The Bertz CT molecular complexity index is 1170. The Morgan fingerprint density at radius 2 is 1.87 bits per heavy atom. The van der Waals surface area contributed by atoms with Gasteiger partial charge in [-0.1, -0.05) is 20.8 Å². The van der Waals surface area contributed by atoms with Gasteiger partial charge in [0.05, 0.1) is 30.9 Å². The number of nitrogens with zero attached hydrogens (tertiary/aromatic N) is 2. The molecule has 1 heterocycles. The summed E-state index contributed by atoms with van der Waals surface area (Å²) in [5, 5.41) is 34.7. The second-order valence-electron chi connectivity index (χ2n) is 13.8. The lowest BCUT2D eigenvalue weighted by Gasteiger charge is -2.63. The number of aromatic nitrogens is 2. The first-order valence-corrected chi connectivity index (χ1v) is 15.0. The summed E-state index contributed by atoms with van der Waals surface area (Å²) in [4.78, 5) is 9.46. The van der Waals surface area contributed by atoms with Crippen LogP contribution in [-0.2, 0) is 6.42 Å². The number of ether oxygens (including phenoxy) is 1. The Labute approximate surface area is 227 Å². The van der Waals surface area contributed by atoms with Crippen LogP contribution in [0.25, 0.3) is 10.9 Å². The molecule has 2 aromatic rings. The number of hydrogen-bond donors (Lipinski definition) is 3. The van der Waals surface area contributed by atoms with E-state index in [2.05, 4.69) is 25.8 Å². The number of methoxy groups -OCH3 is 1. The van der Waals surface area contributed by atoms with E-state index in [-0.39, 0.29) is 35.1 Å². The van der Waals surface area contributed by atoms with Gasteiger partial charge in [0, 0.05) is 24.1 Å². The van der Waals surface area contributed by atoms with Crippen molar-refractivity contribution in [2.45, 2.75) is 96.9 Å². The van der Waals surface area contributed by atoms with E-state index < -0.39 is 0 Å².